The molecule has 0 aromatic heterocycles. The number of likely N-dealkylation sites (N-methyl/N-ethyl adjacent to an activating group) is 2. The number of nitrogens with zero attached hydrogens (tertiary/aromatic N) is 1. The Labute approximate surface area is 284 Å². The first-order valence-corrected chi connectivity index (χ1v) is 16.5. The van der Waals surface area contributed by atoms with Crippen LogP contribution < -0.4 is 26.6 Å². The van der Waals surface area contributed by atoms with Crippen LogP contribution in [0, 0.1) is 0 Å². The first kappa shape index (κ1) is 44.8. The highest BCUT2D eigenvalue weighted by molar-refractivity contribution is 5.79. The molecule has 278 valence electrons. The number of carboxylic acids is 1. The van der Waals surface area contributed by atoms with Crippen LogP contribution in [0.2, 0.25) is 0 Å². The maximum absolute atomic E-state index is 12.2. The fourth-order valence-electron chi connectivity index (χ4n) is 4.08. The van der Waals surface area contributed by atoms with Crippen LogP contribution in [0.4, 0.5) is 0 Å². The Morgan fingerprint density at radius 3 is 1.69 bits per heavy atom. The van der Waals surface area contributed by atoms with E-state index in [4.69, 9.17) is 24.1 Å². The molecule has 0 fully saturated rings. The molecule has 0 spiro atoms. The Hall–Kier alpha value is -3.22. The van der Waals surface area contributed by atoms with E-state index < -0.39 is 12.0 Å². The molecule has 6 N–H and O–H groups in total. The fraction of sp³-hybridized carbons (Fsp3) is 0.806. The van der Waals surface area contributed by atoms with Crippen LogP contribution in [0.5, 0.6) is 0 Å². The average Bonchev–Trinajstić information content (AvgIpc) is 3.01. The predicted octanol–water partition coefficient (Wildman–Crippen LogP) is -1.80. The summed E-state index contributed by atoms with van der Waals surface area (Å²) in [6.45, 7) is 5.19. The third kappa shape index (κ3) is 29.0. The molecule has 0 heterocycles. The molecule has 0 aliphatic heterocycles. The summed E-state index contributed by atoms with van der Waals surface area (Å²) in [6, 6.07) is -0.766. The van der Waals surface area contributed by atoms with Gasteiger partial charge < -0.3 is 59.9 Å². The van der Waals surface area contributed by atoms with Crippen LogP contribution in [-0.4, -0.2) is 164 Å². The van der Waals surface area contributed by atoms with Crippen molar-refractivity contribution in [2.75, 3.05) is 113 Å². The van der Waals surface area contributed by atoms with E-state index in [-0.39, 0.29) is 108 Å². The Balaban J connectivity index is 3.61. The van der Waals surface area contributed by atoms with Gasteiger partial charge in [-0.3, -0.25) is 24.0 Å². The molecule has 0 aliphatic carbocycles. The number of unbranched alkanes of at least 4 members (excludes halogenated alkanes) is 2. The summed E-state index contributed by atoms with van der Waals surface area (Å²) < 4.78 is 21.7. The summed E-state index contributed by atoms with van der Waals surface area (Å²) >= 11 is 0. The van der Waals surface area contributed by atoms with Gasteiger partial charge in [-0.25, -0.2) is 0 Å². The number of aliphatic carboxylic acids is 1. The van der Waals surface area contributed by atoms with Crippen LogP contribution >= 0.6 is 0 Å². The standard InChI is InChI=1S/C31H58N6O11/c1-25(38)8-6-5-7-11-33-28(40)22-37(3,4)15-12-34-29(41)23-47-20-19-46-17-14-36-30(42)24-48-21-18-45-16-13-35-27(39)10-9-26(32-2)31(43)44/h26,32H,5-24H2,1-4H3,(H4-,33,34,35,36,39,40,41,42,43,44)/p+1. The molecule has 0 rings (SSSR count). The van der Waals surface area contributed by atoms with E-state index in [1.807, 2.05) is 14.1 Å². The second kappa shape index (κ2) is 28.8. The van der Waals surface area contributed by atoms with Crippen molar-refractivity contribution < 1.29 is 57.3 Å². The Morgan fingerprint density at radius 1 is 0.625 bits per heavy atom. The van der Waals surface area contributed by atoms with Crippen molar-refractivity contribution in [1.29, 1.82) is 0 Å². The second-order valence-corrected chi connectivity index (χ2v) is 11.8. The number of hydrogen-bond donors (Lipinski definition) is 6. The highest BCUT2D eigenvalue weighted by Gasteiger charge is 2.20. The number of carbonyl (C=O) groups is 6. The highest BCUT2D eigenvalue weighted by atomic mass is 16.5. The molecule has 4 amide bonds. The van der Waals surface area contributed by atoms with Crippen molar-refractivity contribution in [2.24, 2.45) is 0 Å². The highest BCUT2D eigenvalue weighted by Crippen LogP contribution is 2.00. The topological polar surface area (TPSA) is 220 Å². The molecule has 0 aromatic rings. The zero-order chi connectivity index (χ0) is 36.0. The molecule has 48 heavy (non-hydrogen) atoms. The minimum atomic E-state index is -1.00. The van der Waals surface area contributed by atoms with Crippen molar-refractivity contribution >= 4 is 35.4 Å². The van der Waals surface area contributed by atoms with Gasteiger partial charge in [-0.2, -0.15) is 0 Å². The van der Waals surface area contributed by atoms with E-state index in [1.165, 1.54) is 7.05 Å². The van der Waals surface area contributed by atoms with E-state index >= 15 is 0 Å². The Morgan fingerprint density at radius 2 is 1.15 bits per heavy atom. The lowest BCUT2D eigenvalue weighted by Crippen LogP contribution is -2.51. The summed E-state index contributed by atoms with van der Waals surface area (Å²) in [5.74, 6) is -1.70. The number of carbonyl (C=O) groups excluding carboxylic acids is 5. The molecule has 1 unspecified atom stereocenters. The van der Waals surface area contributed by atoms with Crippen molar-refractivity contribution in [2.45, 2.75) is 51.5 Å². The van der Waals surface area contributed by atoms with Gasteiger partial charge in [-0.15, -0.1) is 0 Å². The molecule has 0 aliphatic rings. The van der Waals surface area contributed by atoms with Crippen LogP contribution in [0.25, 0.3) is 0 Å². The third-order valence-corrected chi connectivity index (χ3v) is 6.79. The second-order valence-electron chi connectivity index (χ2n) is 11.8. The average molecular weight is 692 g/mol. The smallest absolute Gasteiger partial charge is 0.320 e. The molecular formula is C31H59N6O11+. The van der Waals surface area contributed by atoms with Gasteiger partial charge in [0.1, 0.15) is 25.0 Å². The summed E-state index contributed by atoms with van der Waals surface area (Å²) in [5, 5.41) is 22.5. The Bertz CT molecular complexity index is 952. The van der Waals surface area contributed by atoms with Gasteiger partial charge in [-0.05, 0) is 33.2 Å². The molecule has 0 saturated heterocycles. The molecule has 17 nitrogen and oxygen atoms in total. The number of Topliss-reactive ketones (excluding diaryl/α,β-unsaturated/α-hetero) is 1. The molecule has 0 aromatic carbocycles. The molecular weight excluding hydrogens is 632 g/mol. The quantitative estimate of drug-likeness (QED) is 0.0340. The van der Waals surface area contributed by atoms with Gasteiger partial charge in [0, 0.05) is 32.5 Å². The number of rotatable bonds is 32. The largest absolute Gasteiger partial charge is 0.480 e. The molecule has 1 atom stereocenters. The molecule has 17 heteroatoms. The van der Waals surface area contributed by atoms with E-state index in [9.17, 15) is 28.8 Å². The van der Waals surface area contributed by atoms with Gasteiger partial charge in [0.2, 0.25) is 17.7 Å². The van der Waals surface area contributed by atoms with E-state index in [1.54, 1.807) is 6.92 Å². The first-order chi connectivity index (χ1) is 22.9. The van der Waals surface area contributed by atoms with Crippen LogP contribution in [0.15, 0.2) is 0 Å². The minimum absolute atomic E-state index is 0.0505. The number of hydrogen-bond acceptors (Lipinski definition) is 11. The fourth-order valence-corrected chi connectivity index (χ4v) is 4.08. The molecule has 0 bridgehead atoms. The summed E-state index contributed by atoms with van der Waals surface area (Å²) in [6.07, 6.45) is 3.44. The SMILES string of the molecule is CNC(CCC(=O)NCCOCCOCC(=O)NCCOCCOCC(=O)NCC[N+](C)(C)CC(=O)NCCCCCC(C)=O)C(=O)O. The van der Waals surface area contributed by atoms with Gasteiger partial charge >= 0.3 is 5.97 Å². The van der Waals surface area contributed by atoms with Crippen LogP contribution in [0.1, 0.15) is 45.4 Å². The van der Waals surface area contributed by atoms with E-state index in [2.05, 4.69) is 26.6 Å². The lowest BCUT2D eigenvalue weighted by atomic mass is 10.1. The van der Waals surface area contributed by atoms with Crippen molar-refractivity contribution in [3.63, 3.8) is 0 Å². The molecule has 0 radical (unpaired) electrons. The monoisotopic (exact) mass is 691 g/mol. The normalized spacial score (nSPS) is 11.8. The molecule has 0 saturated carbocycles. The summed E-state index contributed by atoms with van der Waals surface area (Å²) in [7, 11) is 5.36. The minimum Gasteiger partial charge on any atom is -0.480 e. The maximum atomic E-state index is 12.2. The van der Waals surface area contributed by atoms with Gasteiger partial charge in [-0.1, -0.05) is 6.42 Å². The number of amides is 4. The first-order valence-electron chi connectivity index (χ1n) is 16.5. The summed E-state index contributed by atoms with van der Waals surface area (Å²) in [4.78, 5) is 69.6. The van der Waals surface area contributed by atoms with Crippen molar-refractivity contribution in [1.82, 2.24) is 26.6 Å². The van der Waals surface area contributed by atoms with E-state index in [0.29, 0.717) is 37.1 Å². The number of quaternary nitrogens is 1. The van der Waals surface area contributed by atoms with Gasteiger partial charge in [0.05, 0.1) is 66.8 Å². The number of ether oxygens (including phenoxy) is 4. The van der Waals surface area contributed by atoms with Gasteiger partial charge in [0.25, 0.3) is 5.91 Å². The zero-order valence-electron chi connectivity index (χ0n) is 29.2. The van der Waals surface area contributed by atoms with E-state index in [0.717, 1.165) is 19.3 Å². The van der Waals surface area contributed by atoms with Crippen LogP contribution in [0.3, 0.4) is 0 Å². The van der Waals surface area contributed by atoms with Gasteiger partial charge in [0.15, 0.2) is 6.54 Å². The van der Waals surface area contributed by atoms with Crippen molar-refractivity contribution in [3.8, 4) is 0 Å². The lowest BCUT2D eigenvalue weighted by Gasteiger charge is -2.29. The third-order valence-electron chi connectivity index (χ3n) is 6.79. The Kier molecular flexibility index (Phi) is 26.8. The number of carboxylic acid groups (broad SMARTS) is 1. The summed E-state index contributed by atoms with van der Waals surface area (Å²) in [5.41, 5.74) is 0. The number of nitrogens with one attached hydrogen (secondary N) is 5. The maximum Gasteiger partial charge on any atom is 0.320 e. The number of ketones is 1. The zero-order valence-corrected chi connectivity index (χ0v) is 29.2. The van der Waals surface area contributed by atoms with Crippen molar-refractivity contribution in [3.05, 3.63) is 0 Å². The predicted molar refractivity (Wildman–Crippen MR) is 176 cm³/mol. The lowest BCUT2D eigenvalue weighted by molar-refractivity contribution is -0.881. The van der Waals surface area contributed by atoms with Crippen LogP contribution in [-0.2, 0) is 47.7 Å².